The van der Waals surface area contributed by atoms with Gasteiger partial charge in [-0.1, -0.05) is 24.0 Å². The molecule has 108 valence electrons. The molecule has 0 heterocycles. The fourth-order valence-corrected chi connectivity index (χ4v) is 1.77. The van der Waals surface area contributed by atoms with Crippen LogP contribution in [0.15, 0.2) is 42.5 Å². The lowest BCUT2D eigenvalue weighted by atomic mass is 10.2. The van der Waals surface area contributed by atoms with Crippen molar-refractivity contribution in [2.75, 3.05) is 5.88 Å². The van der Waals surface area contributed by atoms with Crippen LogP contribution in [0.2, 0.25) is 0 Å². The monoisotopic (exact) mass is 304 g/mol. The summed E-state index contributed by atoms with van der Waals surface area (Å²) in [5, 5.41) is 9.22. The number of halogens is 2. The van der Waals surface area contributed by atoms with Gasteiger partial charge in [0.25, 0.3) is 0 Å². The zero-order valence-electron chi connectivity index (χ0n) is 11.3. The van der Waals surface area contributed by atoms with Crippen LogP contribution in [0.25, 0.3) is 0 Å². The third-order valence-electron chi connectivity index (χ3n) is 2.72. The number of alkyl halides is 1. The van der Waals surface area contributed by atoms with Gasteiger partial charge in [0, 0.05) is 18.4 Å². The first-order valence-corrected chi connectivity index (χ1v) is 6.97. The number of phenols is 1. The Morgan fingerprint density at radius 3 is 2.62 bits per heavy atom. The van der Waals surface area contributed by atoms with Crippen molar-refractivity contribution in [3.05, 3.63) is 59.4 Å². The van der Waals surface area contributed by atoms with Gasteiger partial charge in [0.1, 0.15) is 23.9 Å². The predicted molar refractivity (Wildman–Crippen MR) is 81.1 cm³/mol. The van der Waals surface area contributed by atoms with Crippen LogP contribution in [0.5, 0.6) is 11.5 Å². The van der Waals surface area contributed by atoms with Crippen LogP contribution < -0.4 is 4.74 Å². The maximum Gasteiger partial charge on any atom is 0.138 e. The molecule has 4 heteroatoms. The average Bonchev–Trinajstić information content (AvgIpc) is 2.49. The van der Waals surface area contributed by atoms with Crippen molar-refractivity contribution < 1.29 is 14.2 Å². The van der Waals surface area contributed by atoms with E-state index >= 15 is 0 Å². The fourth-order valence-electron chi connectivity index (χ4n) is 1.68. The van der Waals surface area contributed by atoms with Crippen LogP contribution in [-0.2, 0) is 6.61 Å². The summed E-state index contributed by atoms with van der Waals surface area (Å²) in [4.78, 5) is 0. The third-order valence-corrected chi connectivity index (χ3v) is 2.91. The van der Waals surface area contributed by atoms with Gasteiger partial charge in [-0.25, -0.2) is 4.39 Å². The molecule has 0 aliphatic carbocycles. The van der Waals surface area contributed by atoms with Crippen molar-refractivity contribution in [1.82, 2.24) is 0 Å². The fraction of sp³-hybridized carbons (Fsp3) is 0.176. The smallest absolute Gasteiger partial charge is 0.138 e. The molecule has 0 fully saturated rings. The van der Waals surface area contributed by atoms with Crippen molar-refractivity contribution in [2.24, 2.45) is 0 Å². The molecule has 2 rings (SSSR count). The Bertz CT molecular complexity index is 657. The molecule has 0 spiro atoms. The van der Waals surface area contributed by atoms with Gasteiger partial charge in [0.05, 0.1) is 5.56 Å². The third kappa shape index (κ3) is 4.70. The molecule has 0 saturated heterocycles. The van der Waals surface area contributed by atoms with E-state index in [1.807, 2.05) is 0 Å². The van der Waals surface area contributed by atoms with Gasteiger partial charge in [0.15, 0.2) is 0 Å². The molecule has 0 unspecified atom stereocenters. The molecular weight excluding hydrogens is 291 g/mol. The molecule has 0 atom stereocenters. The standard InChI is InChI=1S/C17H14ClFO2/c18-10-2-1-3-14-6-7-15(19)11-17(14)21-12-13-4-8-16(20)9-5-13/h4-9,11,20H,2,10,12H2. The number of hydrogen-bond donors (Lipinski definition) is 1. The van der Waals surface area contributed by atoms with E-state index in [1.165, 1.54) is 12.1 Å². The lowest BCUT2D eigenvalue weighted by molar-refractivity contribution is 0.303. The van der Waals surface area contributed by atoms with Crippen molar-refractivity contribution in [3.8, 4) is 23.3 Å². The summed E-state index contributed by atoms with van der Waals surface area (Å²) >= 11 is 5.57. The van der Waals surface area contributed by atoms with Gasteiger partial charge in [0.2, 0.25) is 0 Å². The van der Waals surface area contributed by atoms with Crippen LogP contribution in [0.4, 0.5) is 4.39 Å². The average molecular weight is 305 g/mol. The zero-order valence-corrected chi connectivity index (χ0v) is 12.0. The summed E-state index contributed by atoms with van der Waals surface area (Å²) in [5.74, 6) is 6.49. The number of ether oxygens (including phenoxy) is 1. The molecule has 1 N–H and O–H groups in total. The number of rotatable bonds is 4. The van der Waals surface area contributed by atoms with Gasteiger partial charge in [-0.2, -0.15) is 0 Å². The number of benzene rings is 2. The lowest BCUT2D eigenvalue weighted by Gasteiger charge is -2.08. The van der Waals surface area contributed by atoms with Crippen molar-refractivity contribution in [3.63, 3.8) is 0 Å². The highest BCUT2D eigenvalue weighted by Crippen LogP contribution is 2.21. The summed E-state index contributed by atoms with van der Waals surface area (Å²) in [6.45, 7) is 0.272. The molecule has 0 aliphatic rings. The number of hydrogen-bond acceptors (Lipinski definition) is 2. The van der Waals surface area contributed by atoms with Crippen LogP contribution in [-0.4, -0.2) is 11.0 Å². The second-order valence-corrected chi connectivity index (χ2v) is 4.71. The summed E-state index contributed by atoms with van der Waals surface area (Å²) < 4.78 is 18.9. The van der Waals surface area contributed by atoms with Gasteiger partial charge in [-0.05, 0) is 29.8 Å². The lowest BCUT2D eigenvalue weighted by Crippen LogP contribution is -1.97. The minimum Gasteiger partial charge on any atom is -0.508 e. The second kappa shape index (κ2) is 7.56. The highest BCUT2D eigenvalue weighted by Gasteiger charge is 2.04. The Kier molecular flexibility index (Phi) is 5.48. The van der Waals surface area contributed by atoms with Gasteiger partial charge in [-0.15, -0.1) is 11.6 Å². The Morgan fingerprint density at radius 2 is 1.90 bits per heavy atom. The van der Waals surface area contributed by atoms with Crippen molar-refractivity contribution in [2.45, 2.75) is 13.0 Å². The van der Waals surface area contributed by atoms with E-state index in [1.54, 1.807) is 30.3 Å². The minimum atomic E-state index is -0.376. The Labute approximate surface area is 128 Å². The van der Waals surface area contributed by atoms with Crippen LogP contribution in [0.1, 0.15) is 17.5 Å². The number of aromatic hydroxyl groups is 1. The van der Waals surface area contributed by atoms with Gasteiger partial charge < -0.3 is 9.84 Å². The first-order valence-electron chi connectivity index (χ1n) is 6.44. The SMILES string of the molecule is Oc1ccc(COc2cc(F)ccc2C#CCCCl)cc1. The number of phenolic OH excluding ortho intramolecular Hbond substituents is 1. The first-order chi connectivity index (χ1) is 10.2. The molecule has 0 aliphatic heterocycles. The molecule has 2 nitrogen and oxygen atoms in total. The van der Waals surface area contributed by atoms with E-state index in [9.17, 15) is 9.50 Å². The molecule has 0 bridgehead atoms. The minimum absolute atomic E-state index is 0.192. The molecule has 2 aromatic carbocycles. The van der Waals surface area contributed by atoms with E-state index in [-0.39, 0.29) is 18.2 Å². The molecular formula is C17H14ClFO2. The quantitative estimate of drug-likeness (QED) is 0.681. The Hall–Kier alpha value is -2.18. The van der Waals surface area contributed by atoms with Crippen LogP contribution in [0.3, 0.4) is 0 Å². The van der Waals surface area contributed by atoms with E-state index in [2.05, 4.69) is 11.8 Å². The van der Waals surface area contributed by atoms with Crippen LogP contribution >= 0.6 is 11.6 Å². The Balaban J connectivity index is 2.13. The summed E-state index contributed by atoms with van der Waals surface area (Å²) in [5.41, 5.74) is 1.50. The maximum absolute atomic E-state index is 13.3. The van der Waals surface area contributed by atoms with E-state index < -0.39 is 0 Å². The summed E-state index contributed by atoms with van der Waals surface area (Å²) in [7, 11) is 0. The van der Waals surface area contributed by atoms with E-state index in [0.29, 0.717) is 23.6 Å². The largest absolute Gasteiger partial charge is 0.508 e. The molecule has 0 radical (unpaired) electrons. The van der Waals surface area contributed by atoms with Crippen molar-refractivity contribution in [1.29, 1.82) is 0 Å². The van der Waals surface area contributed by atoms with E-state index in [0.717, 1.165) is 5.56 Å². The predicted octanol–water partition coefficient (Wildman–Crippen LogP) is 4.09. The van der Waals surface area contributed by atoms with Gasteiger partial charge >= 0.3 is 0 Å². The molecule has 0 saturated carbocycles. The Morgan fingerprint density at radius 1 is 1.14 bits per heavy atom. The maximum atomic E-state index is 13.3. The molecule has 0 amide bonds. The second-order valence-electron chi connectivity index (χ2n) is 4.34. The normalized spacial score (nSPS) is 9.81. The van der Waals surface area contributed by atoms with Crippen molar-refractivity contribution >= 4 is 11.6 Å². The van der Waals surface area contributed by atoms with Crippen LogP contribution in [0, 0.1) is 17.7 Å². The summed E-state index contributed by atoms with van der Waals surface area (Å²) in [6.07, 6.45) is 0.566. The summed E-state index contributed by atoms with van der Waals surface area (Å²) in [6, 6.07) is 10.9. The highest BCUT2D eigenvalue weighted by molar-refractivity contribution is 6.18. The van der Waals surface area contributed by atoms with Gasteiger partial charge in [-0.3, -0.25) is 0 Å². The zero-order chi connectivity index (χ0) is 15.1. The highest BCUT2D eigenvalue weighted by atomic mass is 35.5. The topological polar surface area (TPSA) is 29.5 Å². The first kappa shape index (κ1) is 15.2. The molecule has 0 aromatic heterocycles. The molecule has 2 aromatic rings. The molecule has 21 heavy (non-hydrogen) atoms. The van der Waals surface area contributed by atoms with E-state index in [4.69, 9.17) is 16.3 Å².